The number of rotatable bonds is 5. The molecule has 0 aliphatic rings. The summed E-state index contributed by atoms with van der Waals surface area (Å²) in [5, 5.41) is 0. The first kappa shape index (κ1) is 15.1. The summed E-state index contributed by atoms with van der Waals surface area (Å²) in [4.78, 5) is 15.1. The SMILES string of the molecule is O=c1cnccn1CCCc1cccc(OC(F)(F)F)c1. The molecular weight excluding hydrogens is 285 g/mol. The first-order chi connectivity index (χ1) is 9.94. The van der Waals surface area contributed by atoms with E-state index in [1.165, 1.54) is 35.2 Å². The van der Waals surface area contributed by atoms with Crippen LogP contribution < -0.4 is 10.3 Å². The quantitative estimate of drug-likeness (QED) is 0.852. The van der Waals surface area contributed by atoms with Crippen molar-refractivity contribution in [2.75, 3.05) is 0 Å². The highest BCUT2D eigenvalue weighted by molar-refractivity contribution is 5.28. The van der Waals surface area contributed by atoms with Gasteiger partial charge in [0, 0.05) is 18.9 Å². The molecule has 0 spiro atoms. The largest absolute Gasteiger partial charge is 0.573 e. The van der Waals surface area contributed by atoms with Crippen molar-refractivity contribution in [3.05, 3.63) is 58.8 Å². The molecule has 0 radical (unpaired) electrons. The average molecular weight is 298 g/mol. The van der Waals surface area contributed by atoms with Gasteiger partial charge in [0.2, 0.25) is 0 Å². The minimum atomic E-state index is -4.69. The van der Waals surface area contributed by atoms with E-state index in [-0.39, 0.29) is 11.3 Å². The number of aromatic nitrogens is 2. The summed E-state index contributed by atoms with van der Waals surface area (Å²) in [5.41, 5.74) is 0.519. The molecule has 0 bridgehead atoms. The summed E-state index contributed by atoms with van der Waals surface area (Å²) < 4.78 is 41.7. The van der Waals surface area contributed by atoms with Crippen molar-refractivity contribution >= 4 is 0 Å². The van der Waals surface area contributed by atoms with Gasteiger partial charge in [-0.2, -0.15) is 0 Å². The number of alkyl halides is 3. The van der Waals surface area contributed by atoms with Crippen LogP contribution in [-0.2, 0) is 13.0 Å². The Bertz CT molecular complexity index is 653. The Kier molecular flexibility index (Phi) is 4.62. The van der Waals surface area contributed by atoms with Gasteiger partial charge in [0.1, 0.15) is 5.75 Å². The summed E-state index contributed by atoms with van der Waals surface area (Å²) in [7, 11) is 0. The highest BCUT2D eigenvalue weighted by atomic mass is 19.4. The van der Waals surface area contributed by atoms with Crippen molar-refractivity contribution in [3.63, 3.8) is 0 Å². The maximum Gasteiger partial charge on any atom is 0.573 e. The molecule has 0 unspecified atom stereocenters. The van der Waals surface area contributed by atoms with E-state index < -0.39 is 6.36 Å². The first-order valence-electron chi connectivity index (χ1n) is 6.29. The van der Waals surface area contributed by atoms with E-state index >= 15 is 0 Å². The zero-order valence-corrected chi connectivity index (χ0v) is 11.0. The van der Waals surface area contributed by atoms with Gasteiger partial charge >= 0.3 is 6.36 Å². The maximum absolute atomic E-state index is 12.1. The second kappa shape index (κ2) is 6.43. The lowest BCUT2D eigenvalue weighted by Crippen LogP contribution is -2.19. The molecule has 4 nitrogen and oxygen atoms in total. The number of hydrogen-bond donors (Lipinski definition) is 0. The third-order valence-corrected chi connectivity index (χ3v) is 2.80. The van der Waals surface area contributed by atoms with Crippen LogP contribution in [-0.4, -0.2) is 15.9 Å². The molecule has 7 heteroatoms. The van der Waals surface area contributed by atoms with Gasteiger partial charge in [0.05, 0.1) is 6.20 Å². The number of halogens is 3. The smallest absolute Gasteiger partial charge is 0.406 e. The molecule has 0 N–H and O–H groups in total. The topological polar surface area (TPSA) is 44.1 Å². The molecule has 2 aromatic rings. The van der Waals surface area contributed by atoms with Crippen molar-refractivity contribution in [1.29, 1.82) is 0 Å². The Morgan fingerprint density at radius 3 is 2.81 bits per heavy atom. The summed E-state index contributed by atoms with van der Waals surface area (Å²) in [5.74, 6) is -0.235. The molecule has 21 heavy (non-hydrogen) atoms. The molecule has 0 aliphatic heterocycles. The molecule has 0 saturated carbocycles. The van der Waals surface area contributed by atoms with Crippen LogP contribution in [0.2, 0.25) is 0 Å². The maximum atomic E-state index is 12.1. The summed E-state index contributed by atoms with van der Waals surface area (Å²) in [6.07, 6.45) is 0.786. The van der Waals surface area contributed by atoms with Gasteiger partial charge in [-0.05, 0) is 30.5 Å². The summed E-state index contributed by atoms with van der Waals surface area (Å²) in [6, 6.07) is 5.83. The Balaban J connectivity index is 1.93. The molecule has 1 aromatic heterocycles. The van der Waals surface area contributed by atoms with E-state index in [0.29, 0.717) is 19.4 Å². The van der Waals surface area contributed by atoms with E-state index in [9.17, 15) is 18.0 Å². The summed E-state index contributed by atoms with van der Waals surface area (Å²) in [6.45, 7) is 0.478. The Morgan fingerprint density at radius 2 is 2.10 bits per heavy atom. The molecular formula is C14H13F3N2O2. The van der Waals surface area contributed by atoms with Crippen LogP contribution in [0.4, 0.5) is 13.2 Å². The molecule has 1 aromatic carbocycles. The highest BCUT2D eigenvalue weighted by Crippen LogP contribution is 2.23. The predicted octanol–water partition coefficient (Wildman–Crippen LogP) is 2.77. The van der Waals surface area contributed by atoms with Crippen LogP contribution in [0.25, 0.3) is 0 Å². The number of ether oxygens (including phenoxy) is 1. The van der Waals surface area contributed by atoms with E-state index in [4.69, 9.17) is 0 Å². The van der Waals surface area contributed by atoms with Crippen LogP contribution in [0.5, 0.6) is 5.75 Å². The molecule has 0 saturated heterocycles. The Hall–Kier alpha value is -2.31. The van der Waals surface area contributed by atoms with Gasteiger partial charge < -0.3 is 9.30 Å². The van der Waals surface area contributed by atoms with Crippen LogP contribution in [0, 0.1) is 0 Å². The molecule has 0 fully saturated rings. The van der Waals surface area contributed by atoms with Crippen molar-refractivity contribution in [3.8, 4) is 5.75 Å². The fraction of sp³-hybridized carbons (Fsp3) is 0.286. The van der Waals surface area contributed by atoms with Crippen molar-refractivity contribution in [1.82, 2.24) is 9.55 Å². The Morgan fingerprint density at radius 1 is 1.29 bits per heavy atom. The van der Waals surface area contributed by atoms with Crippen LogP contribution in [0.3, 0.4) is 0 Å². The van der Waals surface area contributed by atoms with E-state index in [1.807, 2.05) is 0 Å². The van der Waals surface area contributed by atoms with Crippen molar-refractivity contribution < 1.29 is 17.9 Å². The molecule has 112 valence electrons. The van der Waals surface area contributed by atoms with Crippen LogP contribution >= 0.6 is 0 Å². The lowest BCUT2D eigenvalue weighted by Gasteiger charge is -2.10. The second-order valence-electron chi connectivity index (χ2n) is 4.41. The fourth-order valence-electron chi connectivity index (χ4n) is 1.91. The standard InChI is InChI=1S/C14H13F3N2O2/c15-14(16,17)21-12-5-1-3-11(9-12)4-2-7-19-8-6-18-10-13(19)20/h1,3,5-6,8-10H,2,4,7H2. The molecule has 0 aliphatic carbocycles. The first-order valence-corrected chi connectivity index (χ1v) is 6.29. The van der Waals surface area contributed by atoms with E-state index in [2.05, 4.69) is 9.72 Å². The van der Waals surface area contributed by atoms with Gasteiger partial charge in [-0.15, -0.1) is 13.2 Å². The van der Waals surface area contributed by atoms with Gasteiger partial charge in [0.15, 0.2) is 0 Å². The number of hydrogen-bond acceptors (Lipinski definition) is 3. The fourth-order valence-corrected chi connectivity index (χ4v) is 1.91. The lowest BCUT2D eigenvalue weighted by molar-refractivity contribution is -0.274. The average Bonchev–Trinajstić information content (AvgIpc) is 2.39. The lowest BCUT2D eigenvalue weighted by atomic mass is 10.1. The summed E-state index contributed by atoms with van der Waals surface area (Å²) >= 11 is 0. The normalized spacial score (nSPS) is 11.4. The molecule has 0 atom stereocenters. The minimum absolute atomic E-state index is 0.202. The molecule has 2 rings (SSSR count). The van der Waals surface area contributed by atoms with Crippen molar-refractivity contribution in [2.24, 2.45) is 0 Å². The third kappa shape index (κ3) is 4.94. The number of benzene rings is 1. The number of aryl methyl sites for hydroxylation is 2. The predicted molar refractivity (Wildman–Crippen MR) is 69.9 cm³/mol. The van der Waals surface area contributed by atoms with Crippen molar-refractivity contribution in [2.45, 2.75) is 25.7 Å². The van der Waals surface area contributed by atoms with Gasteiger partial charge in [-0.25, -0.2) is 0 Å². The van der Waals surface area contributed by atoms with Crippen LogP contribution in [0.1, 0.15) is 12.0 Å². The van der Waals surface area contributed by atoms with Gasteiger partial charge in [0.25, 0.3) is 5.56 Å². The zero-order chi connectivity index (χ0) is 15.3. The van der Waals surface area contributed by atoms with E-state index in [1.54, 1.807) is 12.3 Å². The molecule has 0 amide bonds. The highest BCUT2D eigenvalue weighted by Gasteiger charge is 2.31. The Labute approximate surface area is 118 Å². The zero-order valence-electron chi connectivity index (χ0n) is 11.0. The monoisotopic (exact) mass is 298 g/mol. The van der Waals surface area contributed by atoms with E-state index in [0.717, 1.165) is 5.56 Å². The second-order valence-corrected chi connectivity index (χ2v) is 4.41. The molecule has 1 heterocycles. The number of nitrogens with zero attached hydrogens (tertiary/aromatic N) is 2. The van der Waals surface area contributed by atoms with Gasteiger partial charge in [-0.3, -0.25) is 9.78 Å². The minimum Gasteiger partial charge on any atom is -0.406 e. The van der Waals surface area contributed by atoms with Crippen LogP contribution in [0.15, 0.2) is 47.7 Å². The third-order valence-electron chi connectivity index (χ3n) is 2.80. The van der Waals surface area contributed by atoms with Gasteiger partial charge in [-0.1, -0.05) is 12.1 Å².